The molecule has 0 unspecified atom stereocenters. The van der Waals surface area contributed by atoms with Gasteiger partial charge in [-0.25, -0.2) is 4.68 Å². The number of fused-ring (bicyclic) bond motifs is 1. The molecular formula is C24H32N8O2. The number of ether oxygens (including phenoxy) is 1. The van der Waals surface area contributed by atoms with Gasteiger partial charge in [0.05, 0.1) is 37.2 Å². The second kappa shape index (κ2) is 10.5. The Bertz CT molecular complexity index is 1230. The van der Waals surface area contributed by atoms with Crippen molar-refractivity contribution >= 4 is 11.6 Å². The summed E-state index contributed by atoms with van der Waals surface area (Å²) in [5.41, 5.74) is 8.51. The van der Waals surface area contributed by atoms with Gasteiger partial charge in [0.1, 0.15) is 6.04 Å². The number of nitrogens with one attached hydrogen (secondary N) is 1. The number of aromatic nitrogens is 6. The van der Waals surface area contributed by atoms with Gasteiger partial charge in [0.25, 0.3) is 0 Å². The number of rotatable bonds is 9. The molecule has 0 aliphatic rings. The Balaban J connectivity index is 0.00000324. The van der Waals surface area contributed by atoms with E-state index in [-0.39, 0.29) is 19.9 Å². The van der Waals surface area contributed by atoms with Crippen LogP contribution in [0.25, 0.3) is 5.65 Å². The van der Waals surface area contributed by atoms with Crippen molar-refractivity contribution in [2.24, 2.45) is 5.73 Å². The van der Waals surface area contributed by atoms with Crippen LogP contribution in [0.5, 0.6) is 0 Å². The Morgan fingerprint density at radius 1 is 1.15 bits per heavy atom. The number of amides is 1. The summed E-state index contributed by atoms with van der Waals surface area (Å²) in [6.07, 6.45) is 1.71. The second-order valence-electron chi connectivity index (χ2n) is 8.55. The highest BCUT2D eigenvalue weighted by Gasteiger charge is 2.28. The Kier molecular flexibility index (Phi) is 7.75. The van der Waals surface area contributed by atoms with Crippen LogP contribution in [-0.4, -0.2) is 47.6 Å². The molecule has 4 rings (SSSR count). The Morgan fingerprint density at radius 3 is 2.59 bits per heavy atom. The van der Waals surface area contributed by atoms with Gasteiger partial charge in [-0.1, -0.05) is 49.0 Å². The Hall–Kier alpha value is -3.63. The molecule has 0 aliphatic heterocycles. The van der Waals surface area contributed by atoms with E-state index < -0.39 is 11.6 Å². The molecule has 1 aromatic carbocycles. The lowest BCUT2D eigenvalue weighted by atomic mass is 10.1. The summed E-state index contributed by atoms with van der Waals surface area (Å²) in [6, 6.07) is 15.0. The fourth-order valence-corrected chi connectivity index (χ4v) is 3.39. The molecule has 0 fully saturated rings. The highest BCUT2D eigenvalue weighted by Crippen LogP contribution is 2.19. The number of aryl methyl sites for hydroxylation is 1. The Labute approximate surface area is 199 Å². The van der Waals surface area contributed by atoms with Crippen LogP contribution in [0.3, 0.4) is 0 Å². The number of hydrogen-bond donors (Lipinski definition) is 2. The van der Waals surface area contributed by atoms with Crippen molar-refractivity contribution < 1.29 is 9.53 Å². The standard InChI is InChI=1S/C23H28N8O2.CH4/c1-16-12-25-29-30(16)13-18-10-7-11-20-27-28-21(31(18)20)19(26-22(32)23(2,3)24)15-33-14-17-8-5-4-6-9-17;/h4-12,19H,13-15,24H2,1-3H3,(H,26,32);1H4/t19-;/m1./s1. The van der Waals surface area contributed by atoms with Gasteiger partial charge in [-0.15, -0.1) is 15.3 Å². The molecule has 0 bridgehead atoms. The minimum absolute atomic E-state index is 0. The fourth-order valence-electron chi connectivity index (χ4n) is 3.39. The Morgan fingerprint density at radius 2 is 1.91 bits per heavy atom. The van der Waals surface area contributed by atoms with Crippen molar-refractivity contribution in [1.29, 1.82) is 0 Å². The zero-order chi connectivity index (χ0) is 23.4. The zero-order valence-electron chi connectivity index (χ0n) is 19.0. The summed E-state index contributed by atoms with van der Waals surface area (Å²) in [5, 5.41) is 19.8. The first-order chi connectivity index (χ1) is 15.8. The van der Waals surface area contributed by atoms with E-state index in [0.717, 1.165) is 17.0 Å². The molecular weight excluding hydrogens is 432 g/mol. The second-order valence-corrected chi connectivity index (χ2v) is 8.55. The molecule has 34 heavy (non-hydrogen) atoms. The molecule has 0 spiro atoms. The average molecular weight is 465 g/mol. The van der Waals surface area contributed by atoms with Crippen LogP contribution in [-0.2, 0) is 22.7 Å². The lowest BCUT2D eigenvalue weighted by molar-refractivity contribution is -0.126. The van der Waals surface area contributed by atoms with Crippen molar-refractivity contribution in [2.75, 3.05) is 6.61 Å². The van der Waals surface area contributed by atoms with Crippen LogP contribution in [0.4, 0.5) is 0 Å². The fraction of sp³-hybridized carbons (Fsp3) is 0.375. The van der Waals surface area contributed by atoms with Gasteiger partial charge in [0, 0.05) is 5.69 Å². The highest BCUT2D eigenvalue weighted by molar-refractivity contribution is 5.85. The molecule has 0 saturated carbocycles. The number of benzene rings is 1. The number of carbonyl (C=O) groups excluding carboxylic acids is 1. The maximum Gasteiger partial charge on any atom is 0.240 e. The molecule has 1 atom stereocenters. The van der Waals surface area contributed by atoms with E-state index >= 15 is 0 Å². The molecule has 10 nitrogen and oxygen atoms in total. The van der Waals surface area contributed by atoms with Crippen LogP contribution in [0.2, 0.25) is 0 Å². The van der Waals surface area contributed by atoms with Crippen LogP contribution in [0.15, 0.2) is 54.7 Å². The lowest BCUT2D eigenvalue weighted by Crippen LogP contribution is -2.51. The largest absolute Gasteiger partial charge is 0.374 e. The van der Waals surface area contributed by atoms with Crippen molar-refractivity contribution in [1.82, 2.24) is 34.9 Å². The lowest BCUT2D eigenvalue weighted by Gasteiger charge is -2.24. The van der Waals surface area contributed by atoms with Crippen molar-refractivity contribution in [3.05, 3.63) is 77.5 Å². The summed E-state index contributed by atoms with van der Waals surface area (Å²) < 4.78 is 9.68. The summed E-state index contributed by atoms with van der Waals surface area (Å²) in [6.45, 7) is 6.34. The molecule has 3 aromatic heterocycles. The van der Waals surface area contributed by atoms with Gasteiger partial charge in [-0.05, 0) is 38.5 Å². The van der Waals surface area contributed by atoms with Crippen molar-refractivity contribution in [3.63, 3.8) is 0 Å². The molecule has 0 radical (unpaired) electrons. The maximum atomic E-state index is 12.8. The number of nitrogens with zero attached hydrogens (tertiary/aromatic N) is 6. The highest BCUT2D eigenvalue weighted by atomic mass is 16.5. The summed E-state index contributed by atoms with van der Waals surface area (Å²) in [5.74, 6) is 0.251. The molecule has 180 valence electrons. The van der Waals surface area contributed by atoms with Crippen LogP contribution >= 0.6 is 0 Å². The van der Waals surface area contributed by atoms with Crippen molar-refractivity contribution in [2.45, 2.75) is 52.9 Å². The van der Waals surface area contributed by atoms with E-state index in [2.05, 4.69) is 25.8 Å². The summed E-state index contributed by atoms with van der Waals surface area (Å²) in [4.78, 5) is 12.8. The smallest absolute Gasteiger partial charge is 0.240 e. The molecule has 10 heteroatoms. The summed E-state index contributed by atoms with van der Waals surface area (Å²) >= 11 is 0. The first kappa shape index (κ1) is 25.0. The van der Waals surface area contributed by atoms with Crippen molar-refractivity contribution in [3.8, 4) is 0 Å². The topological polar surface area (TPSA) is 125 Å². The first-order valence-electron chi connectivity index (χ1n) is 10.7. The molecule has 4 aromatic rings. The number of pyridine rings is 1. The monoisotopic (exact) mass is 464 g/mol. The number of hydrogen-bond acceptors (Lipinski definition) is 7. The molecule has 3 heterocycles. The molecule has 3 N–H and O–H groups in total. The van der Waals surface area contributed by atoms with E-state index in [1.165, 1.54) is 0 Å². The van der Waals surface area contributed by atoms with Gasteiger partial charge >= 0.3 is 0 Å². The minimum atomic E-state index is -1.06. The van der Waals surface area contributed by atoms with Crippen LogP contribution < -0.4 is 11.1 Å². The van der Waals surface area contributed by atoms with E-state index in [9.17, 15) is 4.79 Å². The van der Waals surface area contributed by atoms with Gasteiger partial charge in [0.2, 0.25) is 5.91 Å². The van der Waals surface area contributed by atoms with Gasteiger partial charge < -0.3 is 15.8 Å². The predicted molar refractivity (Wildman–Crippen MR) is 129 cm³/mol. The molecule has 0 aliphatic carbocycles. The SMILES string of the molecule is C.Cc1cnnn1Cc1cccc2nnc([C@@H](COCc3ccccc3)NC(=O)C(C)(C)N)n12. The summed E-state index contributed by atoms with van der Waals surface area (Å²) in [7, 11) is 0. The third-order valence-electron chi connectivity index (χ3n) is 5.26. The van der Waals surface area contributed by atoms with E-state index in [1.54, 1.807) is 24.7 Å². The van der Waals surface area contributed by atoms with E-state index in [1.807, 2.05) is 59.9 Å². The zero-order valence-corrected chi connectivity index (χ0v) is 19.0. The van der Waals surface area contributed by atoms with E-state index in [0.29, 0.717) is 24.6 Å². The maximum absolute atomic E-state index is 12.8. The van der Waals surface area contributed by atoms with E-state index in [4.69, 9.17) is 10.5 Å². The predicted octanol–water partition coefficient (Wildman–Crippen LogP) is 2.43. The number of nitrogens with two attached hydrogens (primary N) is 1. The molecule has 1 amide bonds. The normalized spacial score (nSPS) is 12.4. The van der Waals surface area contributed by atoms with Crippen LogP contribution in [0.1, 0.15) is 50.1 Å². The van der Waals surface area contributed by atoms with Gasteiger partial charge in [-0.3, -0.25) is 9.20 Å². The first-order valence-corrected chi connectivity index (χ1v) is 10.7. The average Bonchev–Trinajstić information content (AvgIpc) is 3.40. The minimum Gasteiger partial charge on any atom is -0.374 e. The van der Waals surface area contributed by atoms with Crippen LogP contribution in [0, 0.1) is 6.92 Å². The third kappa shape index (κ3) is 5.64. The van der Waals surface area contributed by atoms with Gasteiger partial charge in [-0.2, -0.15) is 0 Å². The number of carbonyl (C=O) groups is 1. The van der Waals surface area contributed by atoms with Gasteiger partial charge in [0.15, 0.2) is 11.5 Å². The molecule has 0 saturated heterocycles. The third-order valence-corrected chi connectivity index (χ3v) is 5.26. The quantitative estimate of drug-likeness (QED) is 0.390.